The third-order valence-electron chi connectivity index (χ3n) is 3.00. The smallest absolute Gasteiger partial charge is 0.270 e. The van der Waals surface area contributed by atoms with E-state index in [4.69, 9.17) is 35.4 Å². The predicted molar refractivity (Wildman–Crippen MR) is 96.5 cm³/mol. The Labute approximate surface area is 152 Å². The van der Waals surface area contributed by atoms with E-state index in [0.29, 0.717) is 16.6 Å². The van der Waals surface area contributed by atoms with E-state index in [1.54, 1.807) is 18.2 Å². The van der Waals surface area contributed by atoms with Crippen LogP contribution in [0, 0.1) is 10.1 Å². The van der Waals surface area contributed by atoms with E-state index in [2.05, 4.69) is 10.6 Å². The maximum atomic E-state index is 12.0. The fourth-order valence-corrected chi connectivity index (χ4v) is 2.46. The zero-order valence-electron chi connectivity index (χ0n) is 12.1. The zero-order chi connectivity index (χ0) is 17.7. The van der Waals surface area contributed by atoms with Gasteiger partial charge in [-0.05, 0) is 36.0 Å². The molecule has 124 valence electrons. The van der Waals surface area contributed by atoms with Crippen LogP contribution in [0.2, 0.25) is 10.0 Å². The number of nitro groups is 1. The molecule has 2 aromatic carbocycles. The molecule has 2 rings (SSSR count). The Morgan fingerprint density at radius 2 is 1.96 bits per heavy atom. The molecule has 2 aromatic rings. The minimum atomic E-state index is -0.574. The van der Waals surface area contributed by atoms with E-state index >= 15 is 0 Å². The van der Waals surface area contributed by atoms with Crippen LogP contribution in [-0.2, 0) is 6.54 Å². The number of hydrogen-bond donors (Lipinski definition) is 2. The first-order chi connectivity index (χ1) is 11.4. The highest BCUT2D eigenvalue weighted by molar-refractivity contribution is 7.80. The molecule has 0 aliphatic rings. The van der Waals surface area contributed by atoms with Crippen molar-refractivity contribution in [3.8, 4) is 0 Å². The van der Waals surface area contributed by atoms with Crippen molar-refractivity contribution in [2.24, 2.45) is 0 Å². The fraction of sp³-hybridized carbons (Fsp3) is 0.0667. The summed E-state index contributed by atoms with van der Waals surface area (Å²) >= 11 is 16.9. The number of rotatable bonds is 4. The van der Waals surface area contributed by atoms with Crippen LogP contribution in [-0.4, -0.2) is 15.9 Å². The predicted octanol–water partition coefficient (Wildman–Crippen LogP) is 3.71. The second-order valence-electron chi connectivity index (χ2n) is 4.68. The van der Waals surface area contributed by atoms with Gasteiger partial charge in [0.25, 0.3) is 11.6 Å². The van der Waals surface area contributed by atoms with Gasteiger partial charge in [-0.15, -0.1) is 0 Å². The first kappa shape index (κ1) is 18.1. The number of amides is 1. The van der Waals surface area contributed by atoms with Crippen LogP contribution in [0.3, 0.4) is 0 Å². The number of nitrogens with one attached hydrogen (secondary N) is 2. The van der Waals surface area contributed by atoms with Crippen molar-refractivity contribution in [2.75, 3.05) is 0 Å². The molecule has 0 unspecified atom stereocenters. The summed E-state index contributed by atoms with van der Waals surface area (Å²) in [5, 5.41) is 17.1. The molecule has 1 amide bonds. The largest absolute Gasteiger partial charge is 0.358 e. The Hall–Kier alpha value is -2.22. The fourth-order valence-electron chi connectivity index (χ4n) is 1.82. The summed E-state index contributed by atoms with van der Waals surface area (Å²) in [4.78, 5) is 22.2. The van der Waals surface area contributed by atoms with Gasteiger partial charge in [0.15, 0.2) is 5.11 Å². The minimum absolute atomic E-state index is 0.0810. The molecule has 0 fully saturated rings. The van der Waals surface area contributed by atoms with Crippen LogP contribution in [0.5, 0.6) is 0 Å². The number of thiocarbonyl (C=S) groups is 1. The van der Waals surface area contributed by atoms with Crippen molar-refractivity contribution < 1.29 is 9.72 Å². The van der Waals surface area contributed by atoms with Crippen LogP contribution in [0.4, 0.5) is 5.69 Å². The molecule has 0 bridgehead atoms. The lowest BCUT2D eigenvalue weighted by atomic mass is 10.2. The summed E-state index contributed by atoms with van der Waals surface area (Å²) in [6, 6.07) is 10.4. The summed E-state index contributed by atoms with van der Waals surface area (Å²) < 4.78 is 0. The van der Waals surface area contributed by atoms with E-state index in [1.807, 2.05) is 0 Å². The summed E-state index contributed by atoms with van der Waals surface area (Å²) in [6.07, 6.45) is 0. The number of benzene rings is 2. The van der Waals surface area contributed by atoms with Gasteiger partial charge in [0.05, 0.1) is 4.92 Å². The monoisotopic (exact) mass is 383 g/mol. The Morgan fingerprint density at radius 1 is 1.21 bits per heavy atom. The van der Waals surface area contributed by atoms with Gasteiger partial charge in [0.2, 0.25) is 0 Å². The molecular weight excluding hydrogens is 373 g/mol. The molecule has 0 spiro atoms. The maximum absolute atomic E-state index is 12.0. The van der Waals surface area contributed by atoms with Crippen molar-refractivity contribution in [1.29, 1.82) is 0 Å². The number of halogens is 2. The number of nitrogens with zero attached hydrogens (tertiary/aromatic N) is 1. The van der Waals surface area contributed by atoms with Gasteiger partial charge in [-0.3, -0.25) is 20.2 Å². The van der Waals surface area contributed by atoms with Crippen LogP contribution < -0.4 is 10.6 Å². The quantitative estimate of drug-likeness (QED) is 0.477. The van der Waals surface area contributed by atoms with E-state index in [1.165, 1.54) is 24.3 Å². The van der Waals surface area contributed by atoms with Crippen molar-refractivity contribution in [3.63, 3.8) is 0 Å². The first-order valence-electron chi connectivity index (χ1n) is 6.64. The summed E-state index contributed by atoms with van der Waals surface area (Å²) in [5.74, 6) is -0.543. The SMILES string of the molecule is O=C(NC(=S)NCc1ccc(Cl)cc1Cl)c1cccc([N+](=O)[O-])c1. The second kappa shape index (κ2) is 8.05. The molecular formula is C15H11Cl2N3O3S. The molecule has 0 saturated carbocycles. The highest BCUT2D eigenvalue weighted by Crippen LogP contribution is 2.20. The number of hydrogen-bond acceptors (Lipinski definition) is 4. The number of non-ortho nitro benzene ring substituents is 1. The molecule has 0 radical (unpaired) electrons. The van der Waals surface area contributed by atoms with E-state index in [9.17, 15) is 14.9 Å². The van der Waals surface area contributed by atoms with Crippen molar-refractivity contribution in [1.82, 2.24) is 10.6 Å². The third-order valence-corrected chi connectivity index (χ3v) is 3.83. The lowest BCUT2D eigenvalue weighted by molar-refractivity contribution is -0.384. The van der Waals surface area contributed by atoms with E-state index in [-0.39, 0.29) is 16.4 Å². The summed E-state index contributed by atoms with van der Waals surface area (Å²) in [6.45, 7) is 0.296. The molecule has 0 heterocycles. The van der Waals surface area contributed by atoms with E-state index in [0.717, 1.165) is 5.56 Å². The van der Waals surface area contributed by atoms with Crippen molar-refractivity contribution in [2.45, 2.75) is 6.54 Å². The molecule has 0 saturated heterocycles. The normalized spacial score (nSPS) is 10.1. The Bertz CT molecular complexity index is 814. The average Bonchev–Trinajstić information content (AvgIpc) is 2.54. The van der Waals surface area contributed by atoms with Crippen molar-refractivity contribution >= 4 is 52.1 Å². The molecule has 0 atom stereocenters. The second-order valence-corrected chi connectivity index (χ2v) is 5.93. The molecule has 6 nitrogen and oxygen atoms in total. The molecule has 0 aliphatic heterocycles. The molecule has 24 heavy (non-hydrogen) atoms. The van der Waals surface area contributed by atoms with Gasteiger partial charge in [0.1, 0.15) is 0 Å². The highest BCUT2D eigenvalue weighted by atomic mass is 35.5. The molecule has 2 N–H and O–H groups in total. The zero-order valence-corrected chi connectivity index (χ0v) is 14.4. The maximum Gasteiger partial charge on any atom is 0.270 e. The standard InChI is InChI=1S/C15H11Cl2N3O3S/c16-11-5-4-10(13(17)7-11)8-18-15(24)19-14(21)9-2-1-3-12(6-9)20(22)23/h1-7H,8H2,(H2,18,19,21,24). The van der Waals surface area contributed by atoms with E-state index < -0.39 is 10.8 Å². The van der Waals surface area contributed by atoms with Gasteiger partial charge < -0.3 is 5.32 Å². The lowest BCUT2D eigenvalue weighted by Crippen LogP contribution is -2.38. The lowest BCUT2D eigenvalue weighted by Gasteiger charge is -2.10. The Balaban J connectivity index is 1.95. The van der Waals surface area contributed by atoms with Crippen LogP contribution >= 0.6 is 35.4 Å². The van der Waals surface area contributed by atoms with Gasteiger partial charge >= 0.3 is 0 Å². The summed E-state index contributed by atoms with van der Waals surface area (Å²) in [5.41, 5.74) is 0.723. The Kier molecular flexibility index (Phi) is 6.08. The number of nitro benzene ring substituents is 1. The molecule has 0 aromatic heterocycles. The topological polar surface area (TPSA) is 84.3 Å². The van der Waals surface area contributed by atoms with Gasteiger partial charge in [-0.1, -0.05) is 35.3 Å². The highest BCUT2D eigenvalue weighted by Gasteiger charge is 2.12. The molecule has 0 aliphatic carbocycles. The van der Waals surface area contributed by atoms with Gasteiger partial charge in [-0.2, -0.15) is 0 Å². The average molecular weight is 384 g/mol. The summed E-state index contributed by atoms with van der Waals surface area (Å²) in [7, 11) is 0. The van der Waals surface area contributed by atoms with Crippen LogP contribution in [0.25, 0.3) is 0 Å². The number of carbonyl (C=O) groups excluding carboxylic acids is 1. The number of carbonyl (C=O) groups is 1. The first-order valence-corrected chi connectivity index (χ1v) is 7.81. The minimum Gasteiger partial charge on any atom is -0.358 e. The van der Waals surface area contributed by atoms with Crippen molar-refractivity contribution in [3.05, 3.63) is 73.8 Å². The van der Waals surface area contributed by atoms with Crippen LogP contribution in [0.1, 0.15) is 15.9 Å². The Morgan fingerprint density at radius 3 is 2.62 bits per heavy atom. The van der Waals surface area contributed by atoms with Crippen LogP contribution in [0.15, 0.2) is 42.5 Å². The van der Waals surface area contributed by atoms with Gasteiger partial charge in [-0.25, -0.2) is 0 Å². The van der Waals surface area contributed by atoms with Gasteiger partial charge in [0, 0.05) is 34.3 Å². The third kappa shape index (κ3) is 4.89. The molecule has 9 heteroatoms.